The number of rotatable bonds is 12. The number of carbonyl (C=O) groups is 2. The maximum absolute atomic E-state index is 13.3. The number of carbonyl (C=O) groups excluding carboxylic acids is 2. The third-order valence-electron chi connectivity index (χ3n) is 5.63. The van der Waals surface area contributed by atoms with E-state index in [1.165, 1.54) is 10.6 Å². The van der Waals surface area contributed by atoms with Crippen molar-refractivity contribution in [2.75, 3.05) is 23.7 Å². The summed E-state index contributed by atoms with van der Waals surface area (Å²) in [5.41, 5.74) is 3.44. The standard InChI is InChI=1S/C26H36BrN3O4S/c1-6-13-28-26(32)21(4)29(18-22-9-11-23(27)12-10-22)25(31)8-7-14-30(35(5,33)34)24-16-19(2)15-20(3)17-24/h9-12,15-17,21H,6-8,13-14,18H2,1-5H3,(H,28,32). The molecule has 0 radical (unpaired) electrons. The number of amides is 2. The van der Waals surface area contributed by atoms with Crippen LogP contribution >= 0.6 is 15.9 Å². The zero-order chi connectivity index (χ0) is 26.2. The molecule has 7 nitrogen and oxygen atoms in total. The first-order valence-electron chi connectivity index (χ1n) is 11.8. The number of anilines is 1. The van der Waals surface area contributed by atoms with Gasteiger partial charge in [-0.2, -0.15) is 0 Å². The van der Waals surface area contributed by atoms with Crippen molar-refractivity contribution in [3.8, 4) is 0 Å². The monoisotopic (exact) mass is 565 g/mol. The van der Waals surface area contributed by atoms with Gasteiger partial charge in [-0.3, -0.25) is 13.9 Å². The smallest absolute Gasteiger partial charge is 0.242 e. The molecule has 0 bridgehead atoms. The minimum atomic E-state index is -3.52. The van der Waals surface area contributed by atoms with E-state index >= 15 is 0 Å². The van der Waals surface area contributed by atoms with Crippen LogP contribution in [-0.2, 0) is 26.2 Å². The van der Waals surface area contributed by atoms with E-state index in [-0.39, 0.29) is 24.8 Å². The Balaban J connectivity index is 2.17. The molecule has 0 aliphatic rings. The number of halogens is 1. The minimum Gasteiger partial charge on any atom is -0.354 e. The molecular weight excluding hydrogens is 530 g/mol. The van der Waals surface area contributed by atoms with Gasteiger partial charge in [0.15, 0.2) is 0 Å². The Morgan fingerprint density at radius 2 is 1.66 bits per heavy atom. The number of nitrogens with zero attached hydrogens (tertiary/aromatic N) is 2. The number of hydrogen-bond donors (Lipinski definition) is 1. The highest BCUT2D eigenvalue weighted by atomic mass is 79.9. The van der Waals surface area contributed by atoms with Gasteiger partial charge in [0.05, 0.1) is 11.9 Å². The van der Waals surface area contributed by atoms with Gasteiger partial charge >= 0.3 is 0 Å². The molecule has 192 valence electrons. The van der Waals surface area contributed by atoms with E-state index in [9.17, 15) is 18.0 Å². The average molecular weight is 567 g/mol. The van der Waals surface area contributed by atoms with Crippen LogP contribution in [0.2, 0.25) is 0 Å². The van der Waals surface area contributed by atoms with Crippen molar-refractivity contribution in [2.45, 2.75) is 59.5 Å². The summed E-state index contributed by atoms with van der Waals surface area (Å²) in [4.78, 5) is 27.5. The van der Waals surface area contributed by atoms with Crippen LogP contribution in [0.25, 0.3) is 0 Å². The van der Waals surface area contributed by atoms with E-state index in [2.05, 4.69) is 21.2 Å². The summed E-state index contributed by atoms with van der Waals surface area (Å²) >= 11 is 3.41. The highest BCUT2D eigenvalue weighted by Crippen LogP contribution is 2.22. The van der Waals surface area contributed by atoms with Crippen molar-refractivity contribution in [1.82, 2.24) is 10.2 Å². The maximum Gasteiger partial charge on any atom is 0.242 e. The van der Waals surface area contributed by atoms with Crippen LogP contribution in [-0.4, -0.2) is 50.5 Å². The van der Waals surface area contributed by atoms with Crippen molar-refractivity contribution >= 4 is 43.5 Å². The zero-order valence-corrected chi connectivity index (χ0v) is 23.6. The van der Waals surface area contributed by atoms with E-state index < -0.39 is 16.1 Å². The quantitative estimate of drug-likeness (QED) is 0.408. The van der Waals surface area contributed by atoms with Gasteiger partial charge in [-0.15, -0.1) is 0 Å². The second kappa shape index (κ2) is 13.1. The highest BCUT2D eigenvalue weighted by Gasteiger charge is 2.26. The molecule has 9 heteroatoms. The SMILES string of the molecule is CCCNC(=O)C(C)N(Cc1ccc(Br)cc1)C(=O)CCCN(c1cc(C)cc(C)c1)S(C)(=O)=O. The van der Waals surface area contributed by atoms with Crippen molar-refractivity contribution < 1.29 is 18.0 Å². The first kappa shape index (κ1) is 28.8. The molecule has 35 heavy (non-hydrogen) atoms. The van der Waals surface area contributed by atoms with Crippen molar-refractivity contribution in [1.29, 1.82) is 0 Å². The molecule has 0 aliphatic heterocycles. The van der Waals surface area contributed by atoms with Gasteiger partial charge in [-0.05, 0) is 74.6 Å². The summed E-state index contributed by atoms with van der Waals surface area (Å²) in [6.07, 6.45) is 2.43. The second-order valence-electron chi connectivity index (χ2n) is 8.90. The second-order valence-corrected chi connectivity index (χ2v) is 11.7. The van der Waals surface area contributed by atoms with Gasteiger partial charge in [0.25, 0.3) is 0 Å². The molecule has 2 aromatic carbocycles. The fourth-order valence-corrected chi connectivity index (χ4v) is 5.08. The topological polar surface area (TPSA) is 86.8 Å². The van der Waals surface area contributed by atoms with E-state index in [0.717, 1.165) is 27.6 Å². The third kappa shape index (κ3) is 8.96. The number of nitrogens with one attached hydrogen (secondary N) is 1. The van der Waals surface area contributed by atoms with Gasteiger partial charge < -0.3 is 10.2 Å². The summed E-state index contributed by atoms with van der Waals surface area (Å²) in [5, 5.41) is 2.86. The van der Waals surface area contributed by atoms with Gasteiger partial charge in [0.1, 0.15) is 6.04 Å². The van der Waals surface area contributed by atoms with Crippen LogP contribution in [0.5, 0.6) is 0 Å². The van der Waals surface area contributed by atoms with Crippen LogP contribution in [0.1, 0.15) is 49.8 Å². The Hall–Kier alpha value is -2.39. The molecule has 0 fully saturated rings. The number of aryl methyl sites for hydroxylation is 2. The Kier molecular flexibility index (Phi) is 10.8. The molecule has 0 aliphatic carbocycles. The fourth-order valence-electron chi connectivity index (χ4n) is 3.86. The molecule has 1 atom stereocenters. The molecule has 2 aromatic rings. The first-order chi connectivity index (χ1) is 16.4. The summed E-state index contributed by atoms with van der Waals surface area (Å²) in [7, 11) is -3.52. The van der Waals surface area contributed by atoms with Gasteiger partial charge in [-0.25, -0.2) is 8.42 Å². The van der Waals surface area contributed by atoms with Crippen molar-refractivity contribution in [3.63, 3.8) is 0 Å². The Morgan fingerprint density at radius 3 is 2.20 bits per heavy atom. The molecule has 2 rings (SSSR count). The number of sulfonamides is 1. The lowest BCUT2D eigenvalue weighted by atomic mass is 10.1. The van der Waals surface area contributed by atoms with E-state index in [4.69, 9.17) is 0 Å². The first-order valence-corrected chi connectivity index (χ1v) is 14.4. The molecule has 2 amide bonds. The highest BCUT2D eigenvalue weighted by molar-refractivity contribution is 9.10. The van der Waals surface area contributed by atoms with Crippen LogP contribution in [0, 0.1) is 13.8 Å². The van der Waals surface area contributed by atoms with Crippen LogP contribution in [0.3, 0.4) is 0 Å². The summed E-state index contributed by atoms with van der Waals surface area (Å²) < 4.78 is 27.3. The molecule has 1 N–H and O–H groups in total. The summed E-state index contributed by atoms with van der Waals surface area (Å²) in [6, 6.07) is 12.6. The third-order valence-corrected chi connectivity index (χ3v) is 7.35. The van der Waals surface area contributed by atoms with Crippen LogP contribution in [0.4, 0.5) is 5.69 Å². The summed E-state index contributed by atoms with van der Waals surface area (Å²) in [5.74, 6) is -0.397. The van der Waals surface area contributed by atoms with Gasteiger partial charge in [0.2, 0.25) is 21.8 Å². The van der Waals surface area contributed by atoms with Gasteiger partial charge in [0, 0.05) is 30.5 Å². The zero-order valence-electron chi connectivity index (χ0n) is 21.2. The molecule has 0 spiro atoms. The lowest BCUT2D eigenvalue weighted by Gasteiger charge is -2.29. The lowest BCUT2D eigenvalue weighted by Crippen LogP contribution is -2.47. The van der Waals surface area contributed by atoms with E-state index in [1.807, 2.05) is 63.2 Å². The van der Waals surface area contributed by atoms with Crippen molar-refractivity contribution in [3.05, 3.63) is 63.6 Å². The molecule has 0 aromatic heterocycles. The Morgan fingerprint density at radius 1 is 1.06 bits per heavy atom. The number of hydrogen-bond acceptors (Lipinski definition) is 4. The molecule has 0 heterocycles. The normalized spacial score (nSPS) is 12.2. The predicted octanol–water partition coefficient (Wildman–Crippen LogP) is 4.56. The maximum atomic E-state index is 13.3. The fraction of sp³-hybridized carbons (Fsp3) is 0.462. The largest absolute Gasteiger partial charge is 0.354 e. The minimum absolute atomic E-state index is 0.124. The Labute approximate surface area is 218 Å². The predicted molar refractivity (Wildman–Crippen MR) is 145 cm³/mol. The molecule has 0 saturated heterocycles. The van der Waals surface area contributed by atoms with Gasteiger partial charge in [-0.1, -0.05) is 41.1 Å². The lowest BCUT2D eigenvalue weighted by molar-refractivity contribution is -0.140. The molecular formula is C26H36BrN3O4S. The van der Waals surface area contributed by atoms with Crippen LogP contribution in [0.15, 0.2) is 46.9 Å². The van der Waals surface area contributed by atoms with Crippen molar-refractivity contribution in [2.24, 2.45) is 0 Å². The number of benzene rings is 2. The summed E-state index contributed by atoms with van der Waals surface area (Å²) in [6.45, 7) is 8.55. The molecule has 0 saturated carbocycles. The average Bonchev–Trinajstić information content (AvgIpc) is 2.77. The van der Waals surface area contributed by atoms with Crippen LogP contribution < -0.4 is 9.62 Å². The van der Waals surface area contributed by atoms with E-state index in [0.29, 0.717) is 25.2 Å². The van der Waals surface area contributed by atoms with E-state index in [1.54, 1.807) is 11.8 Å². The molecule has 1 unspecified atom stereocenters. The Bertz CT molecular complexity index is 1100.